The van der Waals surface area contributed by atoms with Gasteiger partial charge in [-0.25, -0.2) is 8.42 Å². The van der Waals surface area contributed by atoms with Gasteiger partial charge in [0.1, 0.15) is 0 Å². The van der Waals surface area contributed by atoms with Gasteiger partial charge in [0.15, 0.2) is 9.84 Å². The van der Waals surface area contributed by atoms with Crippen molar-refractivity contribution >= 4 is 44.0 Å². The normalized spacial score (nSPS) is 21.8. The third-order valence-electron chi connectivity index (χ3n) is 2.88. The van der Waals surface area contributed by atoms with Gasteiger partial charge in [-0.15, -0.1) is 0 Å². The molecule has 1 aliphatic rings. The molecule has 5 nitrogen and oxygen atoms in total. The van der Waals surface area contributed by atoms with Gasteiger partial charge in [-0.3, -0.25) is 4.79 Å². The van der Waals surface area contributed by atoms with Crippen molar-refractivity contribution in [1.82, 2.24) is 5.32 Å². The smallest absolute Gasteiger partial charge is 0.226 e. The monoisotopic (exact) mass is 394 g/mol. The molecule has 2 rings (SSSR count). The molecule has 0 radical (unpaired) electrons. The van der Waals surface area contributed by atoms with Crippen LogP contribution in [0.25, 0.3) is 0 Å². The maximum absolute atomic E-state index is 11.9. The van der Waals surface area contributed by atoms with Crippen molar-refractivity contribution in [3.8, 4) is 0 Å². The lowest BCUT2D eigenvalue weighted by Gasteiger charge is -2.23. The van der Waals surface area contributed by atoms with E-state index in [1.807, 2.05) is 24.3 Å². The first-order chi connectivity index (χ1) is 8.96. The molecule has 0 saturated carbocycles. The summed E-state index contributed by atoms with van der Waals surface area (Å²) >= 11 is 2.14. The second kappa shape index (κ2) is 6.19. The van der Waals surface area contributed by atoms with Gasteiger partial charge >= 0.3 is 0 Å². The number of hydrogen-bond acceptors (Lipinski definition) is 4. The second-order valence-corrected chi connectivity index (χ2v) is 7.89. The Balaban J connectivity index is 1.93. The van der Waals surface area contributed by atoms with Crippen LogP contribution >= 0.6 is 22.6 Å². The Morgan fingerprint density at radius 1 is 1.42 bits per heavy atom. The lowest BCUT2D eigenvalue weighted by molar-refractivity contribution is -0.116. The molecular formula is C12H15IN2O3S. The second-order valence-electron chi connectivity index (χ2n) is 4.50. The third kappa shape index (κ3) is 4.43. The van der Waals surface area contributed by atoms with Crippen LogP contribution < -0.4 is 10.6 Å². The molecule has 0 spiro atoms. The molecule has 1 aliphatic heterocycles. The van der Waals surface area contributed by atoms with Crippen LogP contribution in [0.5, 0.6) is 0 Å². The van der Waals surface area contributed by atoms with E-state index in [1.165, 1.54) is 0 Å². The Bertz CT molecular complexity index is 574. The maximum Gasteiger partial charge on any atom is 0.226 e. The summed E-state index contributed by atoms with van der Waals surface area (Å²) in [5.74, 6) is 0.0206. The van der Waals surface area contributed by atoms with Crippen LogP contribution in [0.4, 0.5) is 5.69 Å². The number of benzene rings is 1. The molecule has 1 saturated heterocycles. The molecule has 0 aromatic heterocycles. The number of anilines is 1. The Kier molecular flexibility index (Phi) is 4.80. The summed E-state index contributed by atoms with van der Waals surface area (Å²) in [6, 6.07) is 7.18. The third-order valence-corrected chi connectivity index (χ3v) is 5.56. The minimum atomic E-state index is -3.00. The molecule has 1 amide bonds. The van der Waals surface area contributed by atoms with Crippen molar-refractivity contribution < 1.29 is 13.2 Å². The standard InChI is InChI=1S/C12H15IN2O3S/c13-10-3-1-2-4-11(10)15-12(16)7-9-8-19(17,18)6-5-14-9/h1-4,9,14H,5-8H2,(H,15,16). The number of hydrogen-bond donors (Lipinski definition) is 2. The first kappa shape index (κ1) is 14.7. The molecule has 1 unspecified atom stereocenters. The molecule has 19 heavy (non-hydrogen) atoms. The molecule has 0 aliphatic carbocycles. The van der Waals surface area contributed by atoms with E-state index in [1.54, 1.807) is 0 Å². The molecule has 1 atom stereocenters. The van der Waals surface area contributed by atoms with Crippen LogP contribution in [-0.2, 0) is 14.6 Å². The number of carbonyl (C=O) groups is 1. The molecule has 1 heterocycles. The highest BCUT2D eigenvalue weighted by Gasteiger charge is 2.26. The van der Waals surface area contributed by atoms with E-state index in [0.29, 0.717) is 6.54 Å². The Morgan fingerprint density at radius 2 is 2.16 bits per heavy atom. The number of rotatable bonds is 3. The van der Waals surface area contributed by atoms with E-state index >= 15 is 0 Å². The fourth-order valence-electron chi connectivity index (χ4n) is 1.99. The van der Waals surface area contributed by atoms with Crippen LogP contribution in [0.1, 0.15) is 6.42 Å². The quantitative estimate of drug-likeness (QED) is 0.751. The molecule has 104 valence electrons. The van der Waals surface area contributed by atoms with E-state index in [4.69, 9.17) is 0 Å². The molecular weight excluding hydrogens is 379 g/mol. The van der Waals surface area contributed by atoms with Crippen molar-refractivity contribution in [1.29, 1.82) is 0 Å². The van der Waals surface area contributed by atoms with E-state index in [2.05, 4.69) is 33.2 Å². The average molecular weight is 394 g/mol. The number of amides is 1. The van der Waals surface area contributed by atoms with Crippen molar-refractivity contribution in [2.75, 3.05) is 23.4 Å². The van der Waals surface area contributed by atoms with Crippen LogP contribution in [0, 0.1) is 3.57 Å². The average Bonchev–Trinajstić information content (AvgIpc) is 2.30. The minimum Gasteiger partial charge on any atom is -0.325 e. The zero-order valence-corrected chi connectivity index (χ0v) is 13.2. The van der Waals surface area contributed by atoms with Crippen LogP contribution in [0.3, 0.4) is 0 Å². The van der Waals surface area contributed by atoms with Gasteiger partial charge in [-0.05, 0) is 34.7 Å². The van der Waals surface area contributed by atoms with Gasteiger partial charge in [0.25, 0.3) is 0 Å². The highest BCUT2D eigenvalue weighted by molar-refractivity contribution is 14.1. The molecule has 7 heteroatoms. The summed E-state index contributed by atoms with van der Waals surface area (Å²) in [4.78, 5) is 11.9. The van der Waals surface area contributed by atoms with Crippen molar-refractivity contribution in [3.05, 3.63) is 27.8 Å². The SMILES string of the molecule is O=C(CC1CS(=O)(=O)CCN1)Nc1ccccc1I. The Hall–Kier alpha value is -0.670. The molecule has 2 N–H and O–H groups in total. The van der Waals surface area contributed by atoms with Gasteiger partial charge in [-0.1, -0.05) is 12.1 Å². The number of para-hydroxylation sites is 1. The molecule has 1 aromatic carbocycles. The van der Waals surface area contributed by atoms with Crippen molar-refractivity contribution in [2.24, 2.45) is 0 Å². The summed E-state index contributed by atoms with van der Waals surface area (Å²) in [7, 11) is -3.00. The summed E-state index contributed by atoms with van der Waals surface area (Å²) in [5.41, 5.74) is 0.756. The minimum absolute atomic E-state index is 0.0340. The fourth-order valence-corrected chi connectivity index (χ4v) is 3.95. The zero-order chi connectivity index (χ0) is 13.9. The van der Waals surface area contributed by atoms with Crippen molar-refractivity contribution in [3.63, 3.8) is 0 Å². The molecule has 0 bridgehead atoms. The fraction of sp³-hybridized carbons (Fsp3) is 0.417. The predicted molar refractivity (Wildman–Crippen MR) is 82.9 cm³/mol. The number of nitrogens with one attached hydrogen (secondary N) is 2. The van der Waals surface area contributed by atoms with Crippen LogP contribution in [0.15, 0.2) is 24.3 Å². The van der Waals surface area contributed by atoms with Crippen LogP contribution in [0.2, 0.25) is 0 Å². The van der Waals surface area contributed by atoms with Gasteiger partial charge in [0.05, 0.1) is 17.2 Å². The van der Waals surface area contributed by atoms with E-state index in [0.717, 1.165) is 9.26 Å². The van der Waals surface area contributed by atoms with Crippen LogP contribution in [-0.4, -0.2) is 38.4 Å². The summed E-state index contributed by atoms with van der Waals surface area (Å²) in [6.07, 6.45) is 0.171. The van der Waals surface area contributed by atoms with E-state index in [-0.39, 0.29) is 29.9 Å². The highest BCUT2D eigenvalue weighted by atomic mass is 127. The Morgan fingerprint density at radius 3 is 2.84 bits per heavy atom. The lowest BCUT2D eigenvalue weighted by atomic mass is 10.2. The summed E-state index contributed by atoms with van der Waals surface area (Å²) < 4.78 is 23.9. The van der Waals surface area contributed by atoms with Gasteiger partial charge in [0, 0.05) is 22.6 Å². The molecule has 1 fully saturated rings. The number of halogens is 1. The first-order valence-corrected chi connectivity index (χ1v) is 8.84. The predicted octanol–water partition coefficient (Wildman–Crippen LogP) is 1.01. The maximum atomic E-state index is 11.9. The number of sulfone groups is 1. The van der Waals surface area contributed by atoms with Gasteiger partial charge in [-0.2, -0.15) is 0 Å². The zero-order valence-electron chi connectivity index (χ0n) is 10.2. The van der Waals surface area contributed by atoms with Gasteiger partial charge < -0.3 is 10.6 Å². The largest absolute Gasteiger partial charge is 0.325 e. The Labute approximate surface area is 126 Å². The summed E-state index contributed by atoms with van der Waals surface area (Å²) in [6.45, 7) is 0.420. The van der Waals surface area contributed by atoms with Crippen molar-refractivity contribution in [2.45, 2.75) is 12.5 Å². The lowest BCUT2D eigenvalue weighted by Crippen LogP contribution is -2.46. The first-order valence-electron chi connectivity index (χ1n) is 5.94. The molecule has 1 aromatic rings. The van der Waals surface area contributed by atoms with Gasteiger partial charge in [0.2, 0.25) is 5.91 Å². The summed E-state index contributed by atoms with van der Waals surface area (Å²) in [5, 5.41) is 5.87. The highest BCUT2D eigenvalue weighted by Crippen LogP contribution is 2.17. The van der Waals surface area contributed by atoms with E-state index in [9.17, 15) is 13.2 Å². The number of carbonyl (C=O) groups excluding carboxylic acids is 1. The topological polar surface area (TPSA) is 75.3 Å². The van der Waals surface area contributed by atoms with E-state index < -0.39 is 9.84 Å².